The summed E-state index contributed by atoms with van der Waals surface area (Å²) in [7, 11) is 0. The van der Waals surface area contributed by atoms with Gasteiger partial charge in [0.25, 0.3) is 0 Å². The number of carbonyl (C=O) groups excluding carboxylic acids is 1. The lowest BCUT2D eigenvalue weighted by Gasteiger charge is -2.41. The molecule has 1 aliphatic rings. The quantitative estimate of drug-likeness (QED) is 0.0398. The van der Waals surface area contributed by atoms with Crippen molar-refractivity contribution in [2.45, 2.75) is 217 Å². The van der Waals surface area contributed by atoms with Crippen LogP contribution in [-0.4, -0.2) is 74.4 Å². The van der Waals surface area contributed by atoms with Gasteiger partial charge in [0.2, 0.25) is 5.79 Å². The van der Waals surface area contributed by atoms with Gasteiger partial charge >= 0.3 is 5.97 Å². The van der Waals surface area contributed by atoms with Crippen LogP contribution in [0, 0.1) is 0 Å². The summed E-state index contributed by atoms with van der Waals surface area (Å²) in [4.78, 5) is 13.2. The zero-order valence-electron chi connectivity index (χ0n) is 29.2. The van der Waals surface area contributed by atoms with Gasteiger partial charge in [-0.15, -0.1) is 0 Å². The van der Waals surface area contributed by atoms with Crippen LogP contribution in [0.1, 0.15) is 187 Å². The molecular weight excluding hydrogens is 572 g/mol. The minimum atomic E-state index is -2.35. The minimum Gasteiger partial charge on any atom is -0.458 e. The van der Waals surface area contributed by atoms with E-state index in [1.807, 2.05) is 0 Å². The zero-order chi connectivity index (χ0) is 33.2. The van der Waals surface area contributed by atoms with Crippen LogP contribution in [-0.2, 0) is 14.3 Å². The molecule has 45 heavy (non-hydrogen) atoms. The summed E-state index contributed by atoms with van der Waals surface area (Å²) in [5.41, 5.74) is -1.68. The smallest absolute Gasteiger partial charge is 0.338 e. The molecule has 8 heteroatoms. The maximum atomic E-state index is 13.2. The summed E-state index contributed by atoms with van der Waals surface area (Å²) in [6, 6.07) is 0. The van der Waals surface area contributed by atoms with Crippen molar-refractivity contribution in [3.05, 3.63) is 0 Å². The van der Waals surface area contributed by atoms with E-state index in [0.29, 0.717) is 12.8 Å². The highest BCUT2D eigenvalue weighted by Crippen LogP contribution is 2.28. The number of ether oxygens (including phenoxy) is 2. The van der Waals surface area contributed by atoms with Crippen molar-refractivity contribution < 1.29 is 39.8 Å². The average Bonchev–Trinajstić information content (AvgIpc) is 3.03. The zero-order valence-corrected chi connectivity index (χ0v) is 29.2. The van der Waals surface area contributed by atoms with Gasteiger partial charge in [0, 0.05) is 0 Å². The first kappa shape index (κ1) is 42.3. The molecule has 8 nitrogen and oxygen atoms in total. The van der Waals surface area contributed by atoms with E-state index < -0.39 is 48.9 Å². The third kappa shape index (κ3) is 19.0. The van der Waals surface area contributed by atoms with E-state index in [0.717, 1.165) is 38.5 Å². The summed E-state index contributed by atoms with van der Waals surface area (Å²) in [6.45, 7) is 3.34. The summed E-state index contributed by atoms with van der Waals surface area (Å²) < 4.78 is 10.4. The topological polar surface area (TPSA) is 137 Å². The van der Waals surface area contributed by atoms with Gasteiger partial charge in [-0.3, -0.25) is 0 Å². The van der Waals surface area contributed by atoms with Crippen LogP contribution in [0.25, 0.3) is 0 Å². The number of hydrogen-bond acceptors (Lipinski definition) is 8. The molecule has 1 unspecified atom stereocenters. The Balaban J connectivity index is 2.42. The third-order valence-corrected chi connectivity index (χ3v) is 9.61. The molecule has 1 rings (SSSR count). The standard InChI is InChI=1S/C37H72O8/c1-3-5-7-9-11-13-15-17-19-21-23-25-27-29-36(42,28-26-24-22-20-18-16-14-12-10-8-6-4-2)35(41)44-31-37(43)34(40)33(39)32(38)30-45-37/h32-34,38-40,42-43H,3-31H2,1-2H3/t32-,33-,34+,36?,37-/m1/s1. The van der Waals surface area contributed by atoms with E-state index in [-0.39, 0.29) is 12.8 Å². The second-order valence-electron chi connectivity index (χ2n) is 13.9. The molecule has 0 amide bonds. The van der Waals surface area contributed by atoms with Gasteiger partial charge in [-0.05, 0) is 25.7 Å². The van der Waals surface area contributed by atoms with E-state index >= 15 is 0 Å². The lowest BCUT2D eigenvalue weighted by molar-refractivity contribution is -0.333. The van der Waals surface area contributed by atoms with E-state index in [4.69, 9.17) is 9.47 Å². The van der Waals surface area contributed by atoms with E-state index in [1.165, 1.54) is 109 Å². The third-order valence-electron chi connectivity index (χ3n) is 9.61. The van der Waals surface area contributed by atoms with Crippen molar-refractivity contribution in [2.24, 2.45) is 0 Å². The minimum absolute atomic E-state index is 0.282. The van der Waals surface area contributed by atoms with Gasteiger partial charge in [0.15, 0.2) is 5.60 Å². The molecule has 0 aromatic rings. The molecule has 1 aliphatic heterocycles. The second-order valence-corrected chi connectivity index (χ2v) is 13.9. The van der Waals surface area contributed by atoms with Gasteiger partial charge in [-0.1, -0.05) is 162 Å². The number of esters is 1. The van der Waals surface area contributed by atoms with Crippen molar-refractivity contribution in [1.29, 1.82) is 0 Å². The van der Waals surface area contributed by atoms with E-state index in [9.17, 15) is 30.3 Å². The number of aliphatic hydroxyl groups excluding tert-OH is 3. The Bertz CT molecular complexity index is 706. The number of rotatable bonds is 30. The Kier molecular flexibility index (Phi) is 24.6. The molecule has 1 heterocycles. The largest absolute Gasteiger partial charge is 0.458 e. The molecule has 268 valence electrons. The van der Waals surface area contributed by atoms with Gasteiger partial charge in [0.05, 0.1) is 6.61 Å². The van der Waals surface area contributed by atoms with Crippen LogP contribution in [0.2, 0.25) is 0 Å². The molecule has 0 spiro atoms. The predicted octanol–water partition coefficient (Wildman–Crippen LogP) is 7.63. The lowest BCUT2D eigenvalue weighted by atomic mass is 9.89. The Hall–Kier alpha value is -0.770. The Morgan fingerprint density at radius 1 is 0.644 bits per heavy atom. The van der Waals surface area contributed by atoms with Crippen molar-refractivity contribution in [1.82, 2.24) is 0 Å². The van der Waals surface area contributed by atoms with Crippen LogP contribution in [0.5, 0.6) is 0 Å². The number of hydrogen-bond donors (Lipinski definition) is 5. The molecule has 0 bridgehead atoms. The summed E-state index contributed by atoms with van der Waals surface area (Å²) in [5, 5.41) is 51.9. The van der Waals surface area contributed by atoms with E-state index in [2.05, 4.69) is 13.8 Å². The monoisotopic (exact) mass is 645 g/mol. The maximum absolute atomic E-state index is 13.2. The molecule has 5 N–H and O–H groups in total. The first-order chi connectivity index (χ1) is 21.7. The maximum Gasteiger partial charge on any atom is 0.338 e. The summed E-state index contributed by atoms with van der Waals surface area (Å²) >= 11 is 0. The van der Waals surface area contributed by atoms with E-state index in [1.54, 1.807) is 0 Å². The normalized spacial score (nSPS) is 23.2. The van der Waals surface area contributed by atoms with Crippen LogP contribution >= 0.6 is 0 Å². The van der Waals surface area contributed by atoms with Crippen LogP contribution < -0.4 is 0 Å². The fraction of sp³-hybridized carbons (Fsp3) is 0.973. The second kappa shape index (κ2) is 26.2. The summed E-state index contributed by atoms with van der Waals surface area (Å²) in [5.74, 6) is -3.19. The highest BCUT2D eigenvalue weighted by molar-refractivity contribution is 5.79. The van der Waals surface area contributed by atoms with Gasteiger partial charge in [-0.2, -0.15) is 0 Å². The molecule has 1 saturated heterocycles. The molecule has 0 aromatic heterocycles. The lowest BCUT2D eigenvalue weighted by Crippen LogP contribution is -2.63. The SMILES string of the molecule is CCCCCCCCCCCCCCCC(O)(CCCCCCCCCCCCCC)C(=O)OC[C@@]1(O)OC[C@@H](O)[C@@H](O)[C@@H]1O. The molecule has 0 aromatic carbocycles. The highest BCUT2D eigenvalue weighted by atomic mass is 16.7. The van der Waals surface area contributed by atoms with Crippen LogP contribution in [0.15, 0.2) is 0 Å². The highest BCUT2D eigenvalue weighted by Gasteiger charge is 2.50. The number of carbonyl (C=O) groups is 1. The molecule has 0 saturated carbocycles. The average molecular weight is 645 g/mol. The van der Waals surface area contributed by atoms with Gasteiger partial charge in [0.1, 0.15) is 24.9 Å². The molecule has 5 atom stereocenters. The molecule has 0 aliphatic carbocycles. The molecule has 1 fully saturated rings. The number of unbranched alkanes of at least 4 members (excludes halogenated alkanes) is 23. The first-order valence-electron chi connectivity index (χ1n) is 19.0. The van der Waals surface area contributed by atoms with Crippen LogP contribution in [0.3, 0.4) is 0 Å². The molecular formula is C37H72O8. The number of aliphatic hydroxyl groups is 5. The van der Waals surface area contributed by atoms with Crippen molar-refractivity contribution in [3.8, 4) is 0 Å². The fourth-order valence-electron chi connectivity index (χ4n) is 6.34. The Morgan fingerprint density at radius 3 is 1.33 bits per heavy atom. The van der Waals surface area contributed by atoms with Crippen molar-refractivity contribution in [3.63, 3.8) is 0 Å². The van der Waals surface area contributed by atoms with Crippen molar-refractivity contribution in [2.75, 3.05) is 13.2 Å². The predicted molar refractivity (Wildman–Crippen MR) is 181 cm³/mol. The first-order valence-corrected chi connectivity index (χ1v) is 19.0. The van der Waals surface area contributed by atoms with Crippen molar-refractivity contribution >= 4 is 5.97 Å². The summed E-state index contributed by atoms with van der Waals surface area (Å²) in [6.07, 6.45) is 25.7. The van der Waals surface area contributed by atoms with Gasteiger partial charge in [-0.25, -0.2) is 4.79 Å². The fourth-order valence-corrected chi connectivity index (χ4v) is 6.34. The van der Waals surface area contributed by atoms with Crippen LogP contribution in [0.4, 0.5) is 0 Å². The Morgan fingerprint density at radius 2 is 0.978 bits per heavy atom. The Labute approximate surface area is 275 Å². The molecule has 0 radical (unpaired) electrons. The van der Waals surface area contributed by atoms with Gasteiger partial charge < -0.3 is 35.0 Å².